The fourth-order valence-corrected chi connectivity index (χ4v) is 3.29. The van der Waals surface area contributed by atoms with Crippen molar-refractivity contribution in [2.24, 2.45) is 5.10 Å². The molecule has 1 N–H and O–H groups in total. The van der Waals surface area contributed by atoms with Gasteiger partial charge in [-0.1, -0.05) is 12.1 Å². The number of benzene rings is 2. The van der Waals surface area contributed by atoms with Gasteiger partial charge in [0.1, 0.15) is 0 Å². The number of fused-ring (bicyclic) bond motifs is 1. The SMILES string of the molecule is CCN1C(=CC=C2C(=O)N(c3ccc(C(=O)O)cc3)N=C2C)Oc2ccccc21. The highest BCUT2D eigenvalue weighted by Gasteiger charge is 2.29. The van der Waals surface area contributed by atoms with E-state index in [9.17, 15) is 9.59 Å². The largest absolute Gasteiger partial charge is 0.478 e. The molecule has 0 saturated carbocycles. The Hall–Kier alpha value is -3.87. The molecular weight excluding hydrogens is 370 g/mol. The van der Waals surface area contributed by atoms with Crippen molar-refractivity contribution in [2.45, 2.75) is 13.8 Å². The Bertz CT molecular complexity index is 1080. The number of aromatic carboxylic acids is 1. The summed E-state index contributed by atoms with van der Waals surface area (Å²) in [7, 11) is 0. The molecule has 0 saturated heterocycles. The number of hydrazone groups is 1. The molecule has 0 aromatic heterocycles. The van der Waals surface area contributed by atoms with E-state index in [2.05, 4.69) is 5.10 Å². The summed E-state index contributed by atoms with van der Waals surface area (Å²) in [6.45, 7) is 4.52. The first kappa shape index (κ1) is 18.5. The number of carbonyl (C=O) groups excluding carboxylic acids is 1. The number of anilines is 2. The minimum absolute atomic E-state index is 0.152. The van der Waals surface area contributed by atoms with Crippen molar-refractivity contribution in [3.05, 3.63) is 77.7 Å². The molecule has 2 aromatic carbocycles. The lowest BCUT2D eigenvalue weighted by atomic mass is 10.1. The van der Waals surface area contributed by atoms with E-state index in [1.807, 2.05) is 36.1 Å². The second-order valence-corrected chi connectivity index (χ2v) is 6.55. The predicted molar refractivity (Wildman–Crippen MR) is 110 cm³/mol. The molecule has 0 aliphatic carbocycles. The molecule has 0 fully saturated rings. The third-order valence-corrected chi connectivity index (χ3v) is 4.77. The number of rotatable bonds is 4. The highest BCUT2D eigenvalue weighted by atomic mass is 16.5. The number of ether oxygens (including phenoxy) is 1. The van der Waals surface area contributed by atoms with Crippen molar-refractivity contribution in [3.63, 3.8) is 0 Å². The molecule has 0 radical (unpaired) electrons. The van der Waals surface area contributed by atoms with Gasteiger partial charge in [-0.25, -0.2) is 4.79 Å². The van der Waals surface area contributed by atoms with Crippen LogP contribution >= 0.6 is 0 Å². The Morgan fingerprint density at radius 1 is 1.14 bits per heavy atom. The molecule has 146 valence electrons. The predicted octanol–water partition coefficient (Wildman–Crippen LogP) is 3.79. The summed E-state index contributed by atoms with van der Waals surface area (Å²) < 4.78 is 5.91. The average molecular weight is 389 g/mol. The maximum absolute atomic E-state index is 12.9. The van der Waals surface area contributed by atoms with Gasteiger partial charge in [0.05, 0.1) is 28.2 Å². The van der Waals surface area contributed by atoms with E-state index in [0.717, 1.165) is 18.0 Å². The standard InChI is InChI=1S/C22H19N3O4/c1-3-24-18-6-4-5-7-19(18)29-20(24)13-12-17-14(2)23-25(21(17)26)16-10-8-15(9-11-16)22(27)28/h4-13H,3H2,1-2H3,(H,27,28). The summed E-state index contributed by atoms with van der Waals surface area (Å²) in [6, 6.07) is 13.8. The number of amides is 1. The number of para-hydroxylation sites is 2. The van der Waals surface area contributed by atoms with Crippen molar-refractivity contribution in [3.8, 4) is 5.75 Å². The molecule has 0 unspecified atom stereocenters. The Balaban J connectivity index is 1.59. The van der Waals surface area contributed by atoms with Gasteiger partial charge in [0.15, 0.2) is 5.75 Å². The van der Waals surface area contributed by atoms with Crippen LogP contribution in [0, 0.1) is 0 Å². The van der Waals surface area contributed by atoms with Crippen LogP contribution in [0.25, 0.3) is 0 Å². The number of hydrogen-bond acceptors (Lipinski definition) is 5. The quantitative estimate of drug-likeness (QED) is 0.805. The average Bonchev–Trinajstić information content (AvgIpc) is 3.22. The van der Waals surface area contributed by atoms with Gasteiger partial charge in [-0.05, 0) is 62.4 Å². The maximum Gasteiger partial charge on any atom is 0.335 e. The first-order valence-electron chi connectivity index (χ1n) is 9.19. The molecule has 4 rings (SSSR count). The smallest absolute Gasteiger partial charge is 0.335 e. The van der Waals surface area contributed by atoms with E-state index in [0.29, 0.717) is 22.9 Å². The van der Waals surface area contributed by atoms with Crippen molar-refractivity contribution in [1.82, 2.24) is 0 Å². The van der Waals surface area contributed by atoms with Gasteiger partial charge in [-0.2, -0.15) is 10.1 Å². The summed E-state index contributed by atoms with van der Waals surface area (Å²) in [5.41, 5.74) is 2.68. The molecule has 0 atom stereocenters. The molecule has 7 heteroatoms. The second-order valence-electron chi connectivity index (χ2n) is 6.55. The van der Waals surface area contributed by atoms with Crippen LogP contribution in [0.15, 0.2) is 77.2 Å². The van der Waals surface area contributed by atoms with Gasteiger partial charge in [0.25, 0.3) is 5.91 Å². The van der Waals surface area contributed by atoms with Crippen molar-refractivity contribution >= 4 is 29.0 Å². The van der Waals surface area contributed by atoms with Gasteiger partial charge < -0.3 is 14.7 Å². The molecular formula is C22H19N3O4. The van der Waals surface area contributed by atoms with E-state index < -0.39 is 5.97 Å². The topological polar surface area (TPSA) is 82.4 Å². The van der Waals surface area contributed by atoms with E-state index >= 15 is 0 Å². The van der Waals surface area contributed by atoms with E-state index in [4.69, 9.17) is 9.84 Å². The Morgan fingerprint density at radius 2 is 1.86 bits per heavy atom. The normalized spacial score (nSPS) is 18.3. The summed E-state index contributed by atoms with van der Waals surface area (Å²) >= 11 is 0. The van der Waals surface area contributed by atoms with Crippen LogP contribution in [-0.2, 0) is 4.79 Å². The highest BCUT2D eigenvalue weighted by molar-refractivity contribution is 6.29. The summed E-state index contributed by atoms with van der Waals surface area (Å²) in [5.74, 6) is 0.128. The second kappa shape index (κ2) is 7.27. The number of hydrogen-bond donors (Lipinski definition) is 1. The van der Waals surface area contributed by atoms with Gasteiger partial charge in [0.2, 0.25) is 5.88 Å². The lowest BCUT2D eigenvalue weighted by Crippen LogP contribution is -2.21. The van der Waals surface area contributed by atoms with Crippen molar-refractivity contribution in [1.29, 1.82) is 0 Å². The zero-order valence-corrected chi connectivity index (χ0v) is 16.0. The van der Waals surface area contributed by atoms with Crippen LogP contribution in [0.4, 0.5) is 11.4 Å². The summed E-state index contributed by atoms with van der Waals surface area (Å²) in [5, 5.41) is 14.6. The molecule has 2 aliphatic rings. The highest BCUT2D eigenvalue weighted by Crippen LogP contribution is 2.38. The van der Waals surface area contributed by atoms with E-state index in [1.165, 1.54) is 17.1 Å². The number of carbonyl (C=O) groups is 2. The molecule has 2 heterocycles. The number of allylic oxidation sites excluding steroid dienone is 2. The number of nitrogens with zero attached hydrogens (tertiary/aromatic N) is 3. The van der Waals surface area contributed by atoms with Gasteiger partial charge in [0, 0.05) is 6.54 Å². The van der Waals surface area contributed by atoms with E-state index in [-0.39, 0.29) is 11.5 Å². The third kappa shape index (κ3) is 3.27. The molecule has 7 nitrogen and oxygen atoms in total. The number of carboxylic acids is 1. The lowest BCUT2D eigenvalue weighted by Gasteiger charge is -2.15. The van der Waals surface area contributed by atoms with Gasteiger partial charge >= 0.3 is 5.97 Å². The zero-order chi connectivity index (χ0) is 20.5. The minimum atomic E-state index is -1.02. The Kier molecular flexibility index (Phi) is 4.64. The molecule has 0 bridgehead atoms. The summed E-state index contributed by atoms with van der Waals surface area (Å²) in [4.78, 5) is 25.9. The first-order chi connectivity index (χ1) is 14.0. The van der Waals surface area contributed by atoms with Crippen LogP contribution in [0.5, 0.6) is 5.75 Å². The molecule has 29 heavy (non-hydrogen) atoms. The van der Waals surface area contributed by atoms with Crippen LogP contribution in [0.2, 0.25) is 0 Å². The zero-order valence-electron chi connectivity index (χ0n) is 16.0. The Labute approximate surface area is 167 Å². The summed E-state index contributed by atoms with van der Waals surface area (Å²) in [6.07, 6.45) is 3.48. The molecule has 2 aromatic rings. The Morgan fingerprint density at radius 3 is 2.55 bits per heavy atom. The monoisotopic (exact) mass is 389 g/mol. The third-order valence-electron chi connectivity index (χ3n) is 4.77. The molecule has 1 amide bonds. The maximum atomic E-state index is 12.9. The van der Waals surface area contributed by atoms with Crippen molar-refractivity contribution in [2.75, 3.05) is 16.5 Å². The van der Waals surface area contributed by atoms with E-state index in [1.54, 1.807) is 31.2 Å². The fourth-order valence-electron chi connectivity index (χ4n) is 3.29. The van der Waals surface area contributed by atoms with Crippen molar-refractivity contribution < 1.29 is 19.4 Å². The lowest BCUT2D eigenvalue weighted by molar-refractivity contribution is -0.114. The number of carboxylic acid groups (broad SMARTS) is 1. The first-order valence-corrected chi connectivity index (χ1v) is 9.19. The van der Waals surface area contributed by atoms with Crippen LogP contribution in [0.3, 0.4) is 0 Å². The van der Waals surface area contributed by atoms with Crippen LogP contribution in [0.1, 0.15) is 24.2 Å². The minimum Gasteiger partial charge on any atom is -0.478 e. The fraction of sp³-hybridized carbons (Fsp3) is 0.136. The van der Waals surface area contributed by atoms with Gasteiger partial charge in [-0.15, -0.1) is 0 Å². The van der Waals surface area contributed by atoms with Crippen LogP contribution < -0.4 is 14.6 Å². The van der Waals surface area contributed by atoms with Crippen LogP contribution in [-0.4, -0.2) is 29.2 Å². The van der Waals surface area contributed by atoms with Gasteiger partial charge in [-0.3, -0.25) is 4.79 Å². The molecule has 2 aliphatic heterocycles. The molecule has 0 spiro atoms.